The number of hydrogen-bond acceptors (Lipinski definition) is 6. The number of aryl methyl sites for hydroxylation is 1. The summed E-state index contributed by atoms with van der Waals surface area (Å²) in [4.78, 5) is 33.4. The molecule has 0 radical (unpaired) electrons. The lowest BCUT2D eigenvalue weighted by molar-refractivity contribution is -0.125. The molecule has 178 valence electrons. The molecule has 2 aromatic carbocycles. The fourth-order valence-corrected chi connectivity index (χ4v) is 4.01. The first-order chi connectivity index (χ1) is 15.9. The van der Waals surface area contributed by atoms with Crippen molar-refractivity contribution in [3.63, 3.8) is 0 Å². The molecule has 0 unspecified atom stereocenters. The van der Waals surface area contributed by atoms with E-state index >= 15 is 0 Å². The topological polar surface area (TPSA) is 128 Å². The van der Waals surface area contributed by atoms with E-state index in [9.17, 15) is 4.79 Å². The number of morpholine rings is 1. The summed E-state index contributed by atoms with van der Waals surface area (Å²) in [6.07, 6.45) is 0.566. The van der Waals surface area contributed by atoms with Gasteiger partial charge in [-0.05, 0) is 55.3 Å². The highest BCUT2D eigenvalue weighted by molar-refractivity contribution is 6.30. The molecule has 2 aromatic rings. The van der Waals surface area contributed by atoms with Crippen LogP contribution in [0.2, 0.25) is 5.02 Å². The third-order valence-electron chi connectivity index (χ3n) is 5.25. The van der Waals surface area contributed by atoms with Gasteiger partial charge in [0.25, 0.3) is 5.91 Å². The van der Waals surface area contributed by atoms with Crippen molar-refractivity contribution in [3.05, 3.63) is 58.6 Å². The minimum absolute atomic E-state index is 0.0115. The standard InChI is InChI=1S/C21H23ClN2O3.2CH3NO/c1-14-11-16(3-8-19(14)23-9-10-26-12-20(23)25)21-15(2)27-13-24(21)18-6-4-17(22)5-7-18;2*2-1-3/h3-8,11,15,21H,9-10,12-13H2,1-2H3;2*1H,(H2,2,3)/t15-,21+;;/m1../s1. The minimum atomic E-state index is 0.0115. The molecule has 4 N–H and O–H groups in total. The van der Waals surface area contributed by atoms with Crippen molar-refractivity contribution in [1.29, 1.82) is 0 Å². The largest absolute Gasteiger partial charge is 0.372 e. The summed E-state index contributed by atoms with van der Waals surface area (Å²) in [5, 5.41) is 0.721. The van der Waals surface area contributed by atoms with E-state index in [2.05, 4.69) is 42.3 Å². The zero-order valence-electron chi connectivity index (χ0n) is 18.6. The summed E-state index contributed by atoms with van der Waals surface area (Å²) in [5.74, 6) is 0.0115. The van der Waals surface area contributed by atoms with Gasteiger partial charge in [-0.2, -0.15) is 0 Å². The van der Waals surface area contributed by atoms with Gasteiger partial charge < -0.3 is 30.7 Å². The van der Waals surface area contributed by atoms with Crippen LogP contribution in [0.25, 0.3) is 0 Å². The molecule has 2 aliphatic rings. The van der Waals surface area contributed by atoms with Crippen molar-refractivity contribution >= 4 is 41.7 Å². The summed E-state index contributed by atoms with van der Waals surface area (Å²) in [5.41, 5.74) is 12.6. The van der Waals surface area contributed by atoms with Crippen LogP contribution in [0.15, 0.2) is 42.5 Å². The van der Waals surface area contributed by atoms with Gasteiger partial charge in [0.2, 0.25) is 12.8 Å². The molecule has 2 fully saturated rings. The average molecular weight is 477 g/mol. The summed E-state index contributed by atoms with van der Waals surface area (Å²) in [6.45, 7) is 6.00. The van der Waals surface area contributed by atoms with E-state index in [-0.39, 0.29) is 37.5 Å². The van der Waals surface area contributed by atoms with Gasteiger partial charge in [0.1, 0.15) is 13.3 Å². The Bertz CT molecular complexity index is 935. The predicted octanol–water partition coefficient (Wildman–Crippen LogP) is 2.14. The SMILES string of the molecule is Cc1cc([C@@H]2[C@@H](C)OCN2c2ccc(Cl)cc2)ccc1N1CCOCC1=O.NC=O.NC=O. The predicted molar refractivity (Wildman–Crippen MR) is 127 cm³/mol. The fraction of sp³-hybridized carbons (Fsp3) is 0.348. The van der Waals surface area contributed by atoms with Gasteiger partial charge in [0, 0.05) is 22.9 Å². The van der Waals surface area contributed by atoms with Gasteiger partial charge in [-0.1, -0.05) is 23.7 Å². The summed E-state index contributed by atoms with van der Waals surface area (Å²) in [6, 6.07) is 14.2. The van der Waals surface area contributed by atoms with E-state index in [4.69, 9.17) is 30.7 Å². The lowest BCUT2D eigenvalue weighted by Crippen LogP contribution is -2.42. The molecule has 0 spiro atoms. The van der Waals surface area contributed by atoms with Crippen LogP contribution in [-0.4, -0.2) is 51.3 Å². The van der Waals surface area contributed by atoms with Crippen LogP contribution in [0.4, 0.5) is 11.4 Å². The summed E-state index contributed by atoms with van der Waals surface area (Å²) >= 11 is 6.03. The summed E-state index contributed by atoms with van der Waals surface area (Å²) < 4.78 is 11.2. The van der Waals surface area contributed by atoms with Crippen molar-refractivity contribution in [2.45, 2.75) is 26.0 Å². The van der Waals surface area contributed by atoms with Crippen LogP contribution in [0.3, 0.4) is 0 Å². The number of nitrogens with two attached hydrogens (primary N) is 2. The monoisotopic (exact) mass is 476 g/mol. The Hall–Kier alpha value is -3.14. The molecule has 2 aliphatic heterocycles. The molecule has 2 heterocycles. The van der Waals surface area contributed by atoms with Gasteiger partial charge in [-0.15, -0.1) is 0 Å². The Kier molecular flexibility index (Phi) is 10.1. The van der Waals surface area contributed by atoms with Gasteiger partial charge in [0.05, 0.1) is 18.8 Å². The van der Waals surface area contributed by atoms with Gasteiger partial charge in [0.15, 0.2) is 0 Å². The fourth-order valence-electron chi connectivity index (χ4n) is 3.88. The van der Waals surface area contributed by atoms with Crippen molar-refractivity contribution < 1.29 is 23.9 Å². The molecule has 3 amide bonds. The molecule has 9 nitrogen and oxygen atoms in total. The number of rotatable bonds is 3. The smallest absolute Gasteiger partial charge is 0.253 e. The molecule has 4 rings (SSSR count). The number of amides is 3. The number of benzene rings is 2. The normalized spacial score (nSPS) is 19.7. The zero-order chi connectivity index (χ0) is 24.4. The molecule has 33 heavy (non-hydrogen) atoms. The highest BCUT2D eigenvalue weighted by Gasteiger charge is 2.34. The van der Waals surface area contributed by atoms with Gasteiger partial charge in [-0.3, -0.25) is 14.4 Å². The average Bonchev–Trinajstić information content (AvgIpc) is 3.17. The van der Waals surface area contributed by atoms with Crippen LogP contribution in [0.5, 0.6) is 0 Å². The first-order valence-electron chi connectivity index (χ1n) is 10.3. The second kappa shape index (κ2) is 12.8. The number of hydrogen-bond donors (Lipinski definition) is 2. The van der Waals surface area contributed by atoms with Crippen LogP contribution < -0.4 is 21.3 Å². The van der Waals surface area contributed by atoms with E-state index < -0.39 is 0 Å². The number of anilines is 2. The minimum Gasteiger partial charge on any atom is -0.372 e. The Morgan fingerprint density at radius 2 is 1.73 bits per heavy atom. The lowest BCUT2D eigenvalue weighted by atomic mass is 9.98. The number of nitrogens with zero attached hydrogens (tertiary/aromatic N) is 2. The second-order valence-corrected chi connectivity index (χ2v) is 7.74. The van der Waals surface area contributed by atoms with Crippen LogP contribution in [0, 0.1) is 6.92 Å². The van der Waals surface area contributed by atoms with E-state index in [0.717, 1.165) is 22.0 Å². The molecule has 0 aromatic heterocycles. The molecule has 10 heteroatoms. The Morgan fingerprint density at radius 3 is 2.30 bits per heavy atom. The molecule has 0 aliphatic carbocycles. The summed E-state index contributed by atoms with van der Waals surface area (Å²) in [7, 11) is 0. The molecule has 2 saturated heterocycles. The highest BCUT2D eigenvalue weighted by atomic mass is 35.5. The van der Waals surface area contributed by atoms with Crippen molar-refractivity contribution in [1.82, 2.24) is 0 Å². The molecule has 2 atom stereocenters. The maximum absolute atomic E-state index is 12.2. The molecule has 0 saturated carbocycles. The van der Waals surface area contributed by atoms with E-state index in [1.54, 1.807) is 0 Å². The lowest BCUT2D eigenvalue weighted by Gasteiger charge is -2.30. The van der Waals surface area contributed by atoms with Crippen LogP contribution in [-0.2, 0) is 23.9 Å². The third-order valence-corrected chi connectivity index (χ3v) is 5.51. The van der Waals surface area contributed by atoms with E-state index in [0.29, 0.717) is 19.9 Å². The number of carbonyl (C=O) groups is 3. The van der Waals surface area contributed by atoms with Gasteiger partial charge in [-0.25, -0.2) is 0 Å². The Labute approximate surface area is 198 Å². The Morgan fingerprint density at radius 1 is 1.09 bits per heavy atom. The first-order valence-corrected chi connectivity index (χ1v) is 10.7. The quantitative estimate of drug-likeness (QED) is 0.653. The van der Waals surface area contributed by atoms with Crippen molar-refractivity contribution in [2.75, 3.05) is 36.3 Å². The molecular weight excluding hydrogens is 448 g/mol. The second-order valence-electron chi connectivity index (χ2n) is 7.31. The van der Waals surface area contributed by atoms with E-state index in [1.807, 2.05) is 35.2 Å². The number of carbonyl (C=O) groups excluding carboxylic acids is 3. The zero-order valence-corrected chi connectivity index (χ0v) is 19.4. The van der Waals surface area contributed by atoms with Crippen molar-refractivity contribution in [2.24, 2.45) is 11.5 Å². The van der Waals surface area contributed by atoms with Crippen molar-refractivity contribution in [3.8, 4) is 0 Å². The van der Waals surface area contributed by atoms with Gasteiger partial charge >= 0.3 is 0 Å². The first kappa shape index (κ1) is 26.1. The molecule has 0 bridgehead atoms. The number of primary amides is 2. The maximum atomic E-state index is 12.2. The van der Waals surface area contributed by atoms with Crippen LogP contribution in [0.1, 0.15) is 24.1 Å². The highest BCUT2D eigenvalue weighted by Crippen LogP contribution is 2.38. The van der Waals surface area contributed by atoms with Crippen LogP contribution >= 0.6 is 11.6 Å². The molecular formula is C23H29ClN4O5. The maximum Gasteiger partial charge on any atom is 0.253 e. The number of halogens is 1. The Balaban J connectivity index is 0.000000582. The third kappa shape index (κ3) is 6.67. The van der Waals surface area contributed by atoms with E-state index in [1.165, 1.54) is 5.56 Å². The number of ether oxygens (including phenoxy) is 2.